The maximum atomic E-state index is 4.66. The summed E-state index contributed by atoms with van der Waals surface area (Å²) in [5, 5.41) is 0. The van der Waals surface area contributed by atoms with E-state index in [1.165, 1.54) is 28.2 Å². The molecule has 0 atom stereocenters. The zero-order valence-electron chi connectivity index (χ0n) is 17.4. The number of piperidine rings is 1. The number of para-hydroxylation sites is 1. The fourth-order valence-electron chi connectivity index (χ4n) is 4.12. The normalized spacial score (nSPS) is 15.1. The molecular weight excluding hydrogens is 356 g/mol. The number of benzene rings is 1. The van der Waals surface area contributed by atoms with Crippen LogP contribution in [-0.2, 0) is 13.1 Å². The third-order valence-corrected chi connectivity index (χ3v) is 5.96. The first-order valence-electron chi connectivity index (χ1n) is 10.5. The van der Waals surface area contributed by atoms with E-state index in [1.54, 1.807) is 0 Å². The molecule has 1 aromatic carbocycles. The Balaban J connectivity index is 1.51. The lowest BCUT2D eigenvalue weighted by Crippen LogP contribution is -2.44. The van der Waals surface area contributed by atoms with Crippen LogP contribution in [0.25, 0.3) is 0 Å². The lowest BCUT2D eigenvalue weighted by atomic mass is 10.0. The highest BCUT2D eigenvalue weighted by atomic mass is 15.2. The molecule has 1 saturated heterocycles. The van der Waals surface area contributed by atoms with Crippen LogP contribution >= 0.6 is 0 Å². The van der Waals surface area contributed by atoms with Crippen LogP contribution in [0.15, 0.2) is 60.9 Å². The molecule has 0 bridgehead atoms. The van der Waals surface area contributed by atoms with E-state index in [2.05, 4.69) is 63.9 Å². The Morgan fingerprint density at radius 1 is 0.897 bits per heavy atom. The van der Waals surface area contributed by atoms with Crippen LogP contribution in [0.2, 0.25) is 0 Å². The monoisotopic (exact) mass is 385 g/mol. The van der Waals surface area contributed by atoms with E-state index in [0.717, 1.165) is 39.0 Å². The topological polar surface area (TPSA) is 32.3 Å². The van der Waals surface area contributed by atoms with Crippen LogP contribution in [0.5, 0.6) is 0 Å². The number of pyridine rings is 2. The maximum absolute atomic E-state index is 4.66. The fraction of sp³-hybridized carbons (Fsp3) is 0.360. The van der Waals surface area contributed by atoms with Gasteiger partial charge in [-0.1, -0.05) is 30.3 Å². The van der Waals surface area contributed by atoms with Gasteiger partial charge in [0.05, 0.1) is 11.4 Å². The van der Waals surface area contributed by atoms with Crippen molar-refractivity contribution in [1.29, 1.82) is 0 Å². The van der Waals surface area contributed by atoms with E-state index in [4.69, 9.17) is 0 Å². The number of anilines is 1. The van der Waals surface area contributed by atoms with E-state index < -0.39 is 0 Å². The van der Waals surface area contributed by atoms with E-state index >= 15 is 0 Å². The van der Waals surface area contributed by atoms with Crippen molar-refractivity contribution in [2.45, 2.75) is 45.8 Å². The molecule has 3 heterocycles. The van der Waals surface area contributed by atoms with Crippen molar-refractivity contribution >= 4 is 5.69 Å². The van der Waals surface area contributed by atoms with E-state index in [-0.39, 0.29) is 0 Å². The molecule has 0 N–H and O–H groups in total. The molecule has 149 valence electrons. The molecule has 0 spiro atoms. The van der Waals surface area contributed by atoms with E-state index in [1.807, 2.05) is 36.7 Å². The van der Waals surface area contributed by atoms with Crippen LogP contribution in [-0.4, -0.2) is 34.0 Å². The highest BCUT2D eigenvalue weighted by molar-refractivity contribution is 5.45. The molecule has 0 amide bonds. The molecule has 4 rings (SSSR count). The third kappa shape index (κ3) is 4.83. The maximum Gasteiger partial charge on any atom is 0.0573 e. The smallest absolute Gasteiger partial charge is 0.0573 e. The molecule has 1 radical (unpaired) electrons. The minimum Gasteiger partial charge on any atom is -0.371 e. The van der Waals surface area contributed by atoms with Gasteiger partial charge in [-0.2, -0.15) is 0 Å². The molecule has 1 aliphatic rings. The average Bonchev–Trinajstić information content (AvgIpc) is 2.77. The summed E-state index contributed by atoms with van der Waals surface area (Å²) in [6.45, 7) is 8.16. The highest BCUT2D eigenvalue weighted by Crippen LogP contribution is 2.25. The van der Waals surface area contributed by atoms with Crippen LogP contribution in [0.4, 0.5) is 5.69 Å². The lowest BCUT2D eigenvalue weighted by Gasteiger charge is -2.39. The van der Waals surface area contributed by atoms with Crippen LogP contribution in [0.3, 0.4) is 0 Å². The van der Waals surface area contributed by atoms with Crippen molar-refractivity contribution in [2.24, 2.45) is 0 Å². The molecule has 3 aromatic rings. The van der Waals surface area contributed by atoms with Crippen molar-refractivity contribution < 1.29 is 0 Å². The van der Waals surface area contributed by atoms with E-state index in [0.29, 0.717) is 6.04 Å². The Morgan fingerprint density at radius 2 is 1.52 bits per heavy atom. The Kier molecular flexibility index (Phi) is 6.20. The van der Waals surface area contributed by atoms with Crippen molar-refractivity contribution in [3.63, 3.8) is 0 Å². The van der Waals surface area contributed by atoms with Crippen LogP contribution in [0.1, 0.15) is 35.4 Å². The number of aryl methyl sites for hydroxylation is 2. The third-order valence-electron chi connectivity index (χ3n) is 5.96. The standard InChI is InChI=1S/C25H29N4/c1-20-8-6-14-26-24(20)18-29(19-25-21(2)9-7-15-27-25)23-12-16-28(17-13-23)22-10-4-3-5-11-22/h3-10,14-15,23H,12-13,16-19H2,1-2H3. The molecule has 0 unspecified atom stereocenters. The molecule has 1 fully saturated rings. The average molecular weight is 386 g/mol. The predicted octanol–water partition coefficient (Wildman–Crippen LogP) is 4.56. The second-order valence-corrected chi connectivity index (χ2v) is 7.91. The molecule has 29 heavy (non-hydrogen) atoms. The first-order chi connectivity index (χ1) is 14.2. The zero-order valence-corrected chi connectivity index (χ0v) is 17.4. The predicted molar refractivity (Wildman–Crippen MR) is 118 cm³/mol. The second-order valence-electron chi connectivity index (χ2n) is 7.91. The van der Waals surface area contributed by atoms with Gasteiger partial charge in [-0.25, -0.2) is 0 Å². The summed E-state index contributed by atoms with van der Waals surface area (Å²) in [6, 6.07) is 20.5. The molecule has 0 saturated carbocycles. The molecular formula is C25H29N4. The highest BCUT2D eigenvalue weighted by Gasteiger charge is 2.26. The minimum atomic E-state index is 0.526. The van der Waals surface area contributed by atoms with Gasteiger partial charge in [0.25, 0.3) is 0 Å². The summed E-state index contributed by atoms with van der Waals surface area (Å²) >= 11 is 0. The molecule has 1 aliphatic heterocycles. The zero-order chi connectivity index (χ0) is 20.1. The summed E-state index contributed by atoms with van der Waals surface area (Å²) in [5.41, 5.74) is 6.05. The quantitative estimate of drug-likeness (QED) is 0.622. The minimum absolute atomic E-state index is 0.526. The van der Waals surface area contributed by atoms with Gasteiger partial charge in [0, 0.05) is 56.4 Å². The summed E-state index contributed by atoms with van der Waals surface area (Å²) in [4.78, 5) is 14.4. The largest absolute Gasteiger partial charge is 0.371 e. The Hall–Kier alpha value is -2.72. The number of rotatable bonds is 6. The Bertz CT molecular complexity index is 869. The van der Waals surface area contributed by atoms with Crippen LogP contribution in [0, 0.1) is 19.9 Å². The van der Waals surface area contributed by atoms with Gasteiger partial charge < -0.3 is 4.90 Å². The molecule has 0 aliphatic carbocycles. The fourth-order valence-corrected chi connectivity index (χ4v) is 4.12. The van der Waals surface area contributed by atoms with Crippen LogP contribution < -0.4 is 4.90 Å². The summed E-state index contributed by atoms with van der Waals surface area (Å²) < 4.78 is 0. The SMILES string of the molecule is Cc1cccnc1CN(Cc1ncccc1C)C1CCN(c2[c]cccc2)CC1. The van der Waals surface area contributed by atoms with Crippen molar-refractivity contribution in [3.8, 4) is 0 Å². The Morgan fingerprint density at radius 3 is 2.03 bits per heavy atom. The van der Waals surface area contributed by atoms with Gasteiger partial charge in [-0.05, 0) is 56.0 Å². The first kappa shape index (κ1) is 19.6. The van der Waals surface area contributed by atoms with Crippen molar-refractivity contribution in [3.05, 3.63) is 89.5 Å². The molecule has 4 nitrogen and oxygen atoms in total. The number of aromatic nitrogens is 2. The van der Waals surface area contributed by atoms with E-state index in [9.17, 15) is 0 Å². The second kappa shape index (κ2) is 9.19. The van der Waals surface area contributed by atoms with Gasteiger partial charge in [0.1, 0.15) is 0 Å². The summed E-state index contributed by atoms with van der Waals surface area (Å²) in [5.74, 6) is 0. The molecule has 4 heteroatoms. The summed E-state index contributed by atoms with van der Waals surface area (Å²) in [7, 11) is 0. The number of hydrogen-bond acceptors (Lipinski definition) is 4. The lowest BCUT2D eigenvalue weighted by molar-refractivity contribution is 0.148. The first-order valence-corrected chi connectivity index (χ1v) is 10.5. The van der Waals surface area contributed by atoms with Gasteiger partial charge in [0.2, 0.25) is 0 Å². The van der Waals surface area contributed by atoms with Gasteiger partial charge in [-0.3, -0.25) is 14.9 Å². The number of hydrogen-bond donors (Lipinski definition) is 0. The summed E-state index contributed by atoms with van der Waals surface area (Å²) in [6.07, 6.45) is 6.09. The van der Waals surface area contributed by atoms with Gasteiger partial charge >= 0.3 is 0 Å². The van der Waals surface area contributed by atoms with Gasteiger partial charge in [0.15, 0.2) is 0 Å². The Labute approximate surface area is 174 Å². The van der Waals surface area contributed by atoms with Crippen molar-refractivity contribution in [2.75, 3.05) is 18.0 Å². The number of nitrogens with zero attached hydrogens (tertiary/aromatic N) is 4. The van der Waals surface area contributed by atoms with Crippen molar-refractivity contribution in [1.82, 2.24) is 14.9 Å². The molecule has 2 aromatic heterocycles. The van der Waals surface area contributed by atoms with Gasteiger partial charge in [-0.15, -0.1) is 0 Å².